The van der Waals surface area contributed by atoms with Crippen LogP contribution in [0.2, 0.25) is 0 Å². The van der Waals surface area contributed by atoms with Crippen molar-refractivity contribution >= 4 is 39.2 Å². The van der Waals surface area contributed by atoms with Crippen LogP contribution in [0.4, 0.5) is 0 Å². The Morgan fingerprint density at radius 2 is 2.19 bits per heavy atom. The molecule has 0 radical (unpaired) electrons. The number of likely N-dealkylation sites (N-methyl/N-ethyl adjacent to an activating group) is 1. The summed E-state index contributed by atoms with van der Waals surface area (Å²) in [5, 5.41) is 3.26. The van der Waals surface area contributed by atoms with Gasteiger partial charge in [-0.3, -0.25) is 4.79 Å². The van der Waals surface area contributed by atoms with Crippen molar-refractivity contribution in [2.24, 2.45) is 0 Å². The van der Waals surface area contributed by atoms with Gasteiger partial charge in [0.1, 0.15) is 0 Å². The van der Waals surface area contributed by atoms with E-state index in [-0.39, 0.29) is 5.91 Å². The SMILES string of the molecule is CN1C(=S)NC(=O)C1(C1=CCCC=C1)c1cccc(Br)c1. The number of hydrogen-bond acceptors (Lipinski definition) is 2. The number of benzene rings is 1. The van der Waals surface area contributed by atoms with E-state index in [2.05, 4.69) is 33.4 Å². The maximum Gasteiger partial charge on any atom is 0.261 e. The molecule has 1 N–H and O–H groups in total. The topological polar surface area (TPSA) is 32.3 Å². The quantitative estimate of drug-likeness (QED) is 0.819. The molecule has 5 heteroatoms. The Bertz CT molecular complexity index is 683. The Labute approximate surface area is 137 Å². The van der Waals surface area contributed by atoms with E-state index in [9.17, 15) is 4.79 Å². The molecule has 1 unspecified atom stereocenters. The molecule has 1 aromatic rings. The molecular weight excluding hydrogens is 348 g/mol. The van der Waals surface area contributed by atoms with Gasteiger partial charge >= 0.3 is 0 Å². The Kier molecular flexibility index (Phi) is 3.71. The number of thiocarbonyl (C=S) groups is 1. The lowest BCUT2D eigenvalue weighted by atomic mass is 9.79. The van der Waals surface area contributed by atoms with Crippen LogP contribution in [0.5, 0.6) is 0 Å². The lowest BCUT2D eigenvalue weighted by molar-refractivity contribution is -0.124. The monoisotopic (exact) mass is 362 g/mol. The molecule has 0 spiro atoms. The highest BCUT2D eigenvalue weighted by Gasteiger charge is 2.52. The van der Waals surface area contributed by atoms with Gasteiger partial charge in [0.2, 0.25) is 0 Å². The standard InChI is InChI=1S/C16H15BrN2OS/c1-19-15(21)18-14(20)16(19,11-6-3-2-4-7-11)12-8-5-9-13(17)10-12/h3,5-10H,2,4H2,1H3,(H,18,20,21). The van der Waals surface area contributed by atoms with E-state index in [0.29, 0.717) is 5.11 Å². The smallest absolute Gasteiger partial charge is 0.261 e. The zero-order valence-electron chi connectivity index (χ0n) is 11.6. The van der Waals surface area contributed by atoms with Crippen molar-refractivity contribution in [3.05, 3.63) is 58.1 Å². The fraction of sp³-hybridized carbons (Fsp3) is 0.250. The third-order valence-corrected chi connectivity index (χ3v) is 4.88. The molecule has 1 heterocycles. The Morgan fingerprint density at radius 3 is 2.76 bits per heavy atom. The van der Waals surface area contributed by atoms with Crippen LogP contribution in [0.25, 0.3) is 0 Å². The van der Waals surface area contributed by atoms with E-state index in [1.54, 1.807) is 0 Å². The van der Waals surface area contributed by atoms with Crippen LogP contribution < -0.4 is 5.32 Å². The number of rotatable bonds is 2. The highest BCUT2D eigenvalue weighted by atomic mass is 79.9. The van der Waals surface area contributed by atoms with Crippen LogP contribution >= 0.6 is 28.1 Å². The number of carbonyl (C=O) groups is 1. The summed E-state index contributed by atoms with van der Waals surface area (Å²) in [6.45, 7) is 0. The van der Waals surface area contributed by atoms with E-state index in [4.69, 9.17) is 12.2 Å². The molecule has 108 valence electrons. The molecule has 1 saturated heterocycles. The molecule has 0 bridgehead atoms. The number of hydrogen-bond donors (Lipinski definition) is 1. The van der Waals surface area contributed by atoms with Crippen molar-refractivity contribution in [1.82, 2.24) is 10.2 Å². The van der Waals surface area contributed by atoms with Gasteiger partial charge < -0.3 is 10.2 Å². The molecule has 0 saturated carbocycles. The summed E-state index contributed by atoms with van der Waals surface area (Å²) >= 11 is 8.79. The summed E-state index contributed by atoms with van der Waals surface area (Å²) in [6, 6.07) is 7.84. The Hall–Kier alpha value is -1.46. The minimum atomic E-state index is -0.877. The van der Waals surface area contributed by atoms with Gasteiger partial charge in [-0.2, -0.15) is 0 Å². The molecule has 1 aromatic carbocycles. The Balaban J connectivity index is 2.25. The van der Waals surface area contributed by atoms with Crippen LogP contribution in [-0.2, 0) is 10.3 Å². The molecule has 1 aliphatic carbocycles. The minimum Gasteiger partial charge on any atom is -0.330 e. The summed E-state index contributed by atoms with van der Waals surface area (Å²) in [5.74, 6) is -0.0918. The highest BCUT2D eigenvalue weighted by Crippen LogP contribution is 2.41. The maximum absolute atomic E-state index is 12.8. The van der Waals surface area contributed by atoms with Gasteiger partial charge in [0.05, 0.1) is 0 Å². The number of halogens is 1. The number of allylic oxidation sites excluding steroid dienone is 2. The van der Waals surface area contributed by atoms with E-state index >= 15 is 0 Å². The summed E-state index contributed by atoms with van der Waals surface area (Å²) in [5.41, 5.74) is 1.01. The lowest BCUT2D eigenvalue weighted by Crippen LogP contribution is -2.46. The normalized spacial score (nSPS) is 25.0. The molecule has 1 atom stereocenters. The fourth-order valence-corrected chi connectivity index (χ4v) is 3.62. The van der Waals surface area contributed by atoms with Crippen molar-refractivity contribution in [2.75, 3.05) is 7.05 Å². The molecule has 21 heavy (non-hydrogen) atoms. The number of nitrogens with zero attached hydrogens (tertiary/aromatic N) is 1. The van der Waals surface area contributed by atoms with Gasteiger partial charge in [-0.05, 0) is 48.3 Å². The number of amides is 1. The molecule has 3 rings (SSSR count). The highest BCUT2D eigenvalue weighted by molar-refractivity contribution is 9.10. The van der Waals surface area contributed by atoms with Gasteiger partial charge in [0, 0.05) is 11.5 Å². The van der Waals surface area contributed by atoms with Gasteiger partial charge in [0.25, 0.3) is 5.91 Å². The first-order chi connectivity index (χ1) is 10.1. The second kappa shape index (κ2) is 5.39. The molecular formula is C16H15BrN2OS. The van der Waals surface area contributed by atoms with Crippen LogP contribution in [0.1, 0.15) is 18.4 Å². The molecule has 1 fully saturated rings. The predicted octanol–water partition coefficient (Wildman–Crippen LogP) is 3.27. The van der Waals surface area contributed by atoms with Crippen LogP contribution in [-0.4, -0.2) is 23.0 Å². The molecule has 3 nitrogen and oxygen atoms in total. The molecule has 1 amide bonds. The summed E-state index contributed by atoms with van der Waals surface area (Å²) in [4.78, 5) is 14.7. The lowest BCUT2D eigenvalue weighted by Gasteiger charge is -2.36. The van der Waals surface area contributed by atoms with Crippen molar-refractivity contribution in [2.45, 2.75) is 18.4 Å². The van der Waals surface area contributed by atoms with Crippen LogP contribution in [0.15, 0.2) is 52.5 Å². The zero-order chi connectivity index (χ0) is 15.0. The van der Waals surface area contributed by atoms with Gasteiger partial charge in [-0.25, -0.2) is 0 Å². The second-order valence-corrected chi connectivity index (χ2v) is 6.48. The largest absolute Gasteiger partial charge is 0.330 e. The third kappa shape index (κ3) is 2.15. The van der Waals surface area contributed by atoms with E-state index in [1.165, 1.54) is 0 Å². The summed E-state index contributed by atoms with van der Waals surface area (Å²) < 4.78 is 0.943. The third-order valence-electron chi connectivity index (χ3n) is 4.01. The van der Waals surface area contributed by atoms with Gasteiger partial charge in [0.15, 0.2) is 10.7 Å². The zero-order valence-corrected chi connectivity index (χ0v) is 14.0. The number of carbonyl (C=O) groups excluding carboxylic acids is 1. The van der Waals surface area contributed by atoms with E-state index in [0.717, 1.165) is 28.5 Å². The maximum atomic E-state index is 12.8. The molecule has 2 aliphatic rings. The van der Waals surface area contributed by atoms with Crippen molar-refractivity contribution in [1.29, 1.82) is 0 Å². The fourth-order valence-electron chi connectivity index (χ4n) is 2.99. The summed E-state index contributed by atoms with van der Waals surface area (Å²) in [7, 11) is 1.87. The van der Waals surface area contributed by atoms with Crippen molar-refractivity contribution in [3.63, 3.8) is 0 Å². The first-order valence-corrected chi connectivity index (χ1v) is 7.99. The number of nitrogens with one attached hydrogen (secondary N) is 1. The average molecular weight is 363 g/mol. The van der Waals surface area contributed by atoms with Crippen LogP contribution in [0, 0.1) is 0 Å². The van der Waals surface area contributed by atoms with E-state index < -0.39 is 5.54 Å². The van der Waals surface area contributed by atoms with Crippen molar-refractivity contribution in [3.8, 4) is 0 Å². The van der Waals surface area contributed by atoms with Gasteiger partial charge in [-0.1, -0.05) is 46.3 Å². The summed E-state index contributed by atoms with van der Waals surface area (Å²) in [6.07, 6.45) is 8.22. The first kappa shape index (κ1) is 14.5. The van der Waals surface area contributed by atoms with E-state index in [1.807, 2.05) is 42.3 Å². The molecule has 1 aliphatic heterocycles. The Morgan fingerprint density at radius 1 is 1.38 bits per heavy atom. The predicted molar refractivity (Wildman–Crippen MR) is 90.8 cm³/mol. The van der Waals surface area contributed by atoms with Gasteiger partial charge in [-0.15, -0.1) is 0 Å². The van der Waals surface area contributed by atoms with Crippen molar-refractivity contribution < 1.29 is 4.79 Å². The van der Waals surface area contributed by atoms with Crippen LogP contribution in [0.3, 0.4) is 0 Å². The second-order valence-electron chi connectivity index (χ2n) is 5.18. The minimum absolute atomic E-state index is 0.0918. The molecule has 0 aromatic heterocycles. The first-order valence-electron chi connectivity index (χ1n) is 6.79. The average Bonchev–Trinajstić information content (AvgIpc) is 2.71.